The Labute approximate surface area is 240 Å². The van der Waals surface area contributed by atoms with E-state index in [2.05, 4.69) is 10.3 Å². The molecule has 0 saturated carbocycles. The quantitative estimate of drug-likeness (QED) is 0.208. The molecule has 4 aromatic rings. The maximum atomic E-state index is 13.9. The second kappa shape index (κ2) is 11.7. The molecule has 1 saturated heterocycles. The molecule has 1 aliphatic rings. The van der Waals surface area contributed by atoms with E-state index in [0.29, 0.717) is 22.1 Å². The van der Waals surface area contributed by atoms with E-state index >= 15 is 0 Å². The van der Waals surface area contributed by atoms with E-state index in [0.717, 1.165) is 16.0 Å². The zero-order valence-electron chi connectivity index (χ0n) is 22.1. The van der Waals surface area contributed by atoms with Crippen LogP contribution in [0.25, 0.3) is 21.8 Å². The lowest BCUT2D eigenvalue weighted by Crippen LogP contribution is -2.41. The summed E-state index contributed by atoms with van der Waals surface area (Å²) in [5.41, 5.74) is 3.74. The van der Waals surface area contributed by atoms with E-state index < -0.39 is 32.9 Å². The van der Waals surface area contributed by atoms with Gasteiger partial charge in [0.1, 0.15) is 10.5 Å². The van der Waals surface area contributed by atoms with Crippen LogP contribution in [0.5, 0.6) is 5.75 Å². The number of carbonyl (C=O) groups is 2. The number of thiophene rings is 1. The lowest BCUT2D eigenvalue weighted by molar-refractivity contribution is -0.129. The first-order chi connectivity index (χ1) is 19.8. The van der Waals surface area contributed by atoms with Crippen molar-refractivity contribution in [1.29, 1.82) is 0 Å². The molecule has 2 aromatic heterocycles. The molecule has 0 bridgehead atoms. The number of para-hydroxylation sites is 2. The zero-order chi connectivity index (χ0) is 29.0. The SMILES string of the molecule is COc1ccccc1NC(=O)N1CCC(CC(=O)NO)(c2ccc(-c3ccc(-c4cnco4)cc3)s2)S(=O)(=O)CC1. The normalized spacial score (nSPS) is 18.3. The number of rotatable bonds is 7. The Morgan fingerprint density at radius 1 is 1.10 bits per heavy atom. The highest BCUT2D eigenvalue weighted by molar-refractivity contribution is 7.92. The van der Waals surface area contributed by atoms with Crippen molar-refractivity contribution in [3.05, 3.63) is 78.1 Å². The van der Waals surface area contributed by atoms with Crippen LogP contribution in [0.2, 0.25) is 0 Å². The molecule has 2 aromatic carbocycles. The van der Waals surface area contributed by atoms with E-state index in [1.807, 2.05) is 30.3 Å². The summed E-state index contributed by atoms with van der Waals surface area (Å²) in [6, 6.07) is 17.5. The summed E-state index contributed by atoms with van der Waals surface area (Å²) >= 11 is 1.26. The molecule has 3 amide bonds. The number of nitrogens with one attached hydrogen (secondary N) is 2. The third-order valence-electron chi connectivity index (χ3n) is 7.16. The molecule has 1 atom stereocenters. The summed E-state index contributed by atoms with van der Waals surface area (Å²) in [4.78, 5) is 32.2. The second-order valence-electron chi connectivity index (χ2n) is 9.50. The highest BCUT2D eigenvalue weighted by Gasteiger charge is 2.50. The standard InChI is InChI=1S/C28H28N4O7S2/c1-38-22-5-3-2-4-21(22)30-27(34)32-13-12-28(16-26(33)31-35,41(36,37)15-14-32)25-11-10-24(40-25)20-8-6-19(7-9-20)23-17-29-18-39-23/h2-11,17-18,35H,12-16H2,1H3,(H,30,34)(H,31,33). The number of oxazole rings is 1. The Morgan fingerprint density at radius 2 is 1.85 bits per heavy atom. The maximum Gasteiger partial charge on any atom is 0.321 e. The number of methoxy groups -OCH3 is 1. The summed E-state index contributed by atoms with van der Waals surface area (Å²) in [6.07, 6.45) is 2.45. The van der Waals surface area contributed by atoms with Crippen molar-refractivity contribution in [2.45, 2.75) is 17.6 Å². The fourth-order valence-electron chi connectivity index (χ4n) is 4.91. The van der Waals surface area contributed by atoms with Crippen molar-refractivity contribution < 1.29 is 32.4 Å². The molecule has 1 fully saturated rings. The molecule has 0 aliphatic carbocycles. The van der Waals surface area contributed by atoms with Crippen molar-refractivity contribution >= 4 is 38.8 Å². The van der Waals surface area contributed by atoms with Gasteiger partial charge in [-0.3, -0.25) is 10.0 Å². The number of nitrogens with zero attached hydrogens (tertiary/aromatic N) is 2. The van der Waals surface area contributed by atoms with Gasteiger partial charge in [-0.05, 0) is 36.2 Å². The van der Waals surface area contributed by atoms with Gasteiger partial charge in [0.2, 0.25) is 5.91 Å². The Balaban J connectivity index is 1.44. The molecule has 214 valence electrons. The molecule has 1 unspecified atom stereocenters. The van der Waals surface area contributed by atoms with E-state index in [-0.39, 0.29) is 25.3 Å². The van der Waals surface area contributed by atoms with Gasteiger partial charge in [-0.2, -0.15) is 0 Å². The van der Waals surface area contributed by atoms with Gasteiger partial charge in [0, 0.05) is 28.4 Å². The lowest BCUT2D eigenvalue weighted by atomic mass is 9.97. The summed E-state index contributed by atoms with van der Waals surface area (Å²) in [6.45, 7) is 0.00513. The number of carbonyl (C=O) groups excluding carboxylic acids is 2. The van der Waals surface area contributed by atoms with Gasteiger partial charge in [0.05, 0.1) is 31.2 Å². The molecule has 3 N–H and O–H groups in total. The number of urea groups is 1. The molecule has 13 heteroatoms. The molecular weight excluding hydrogens is 568 g/mol. The third kappa shape index (κ3) is 5.69. The molecule has 11 nitrogen and oxygen atoms in total. The topological polar surface area (TPSA) is 151 Å². The number of anilines is 1. The summed E-state index contributed by atoms with van der Waals surface area (Å²) < 4.78 is 36.8. The zero-order valence-corrected chi connectivity index (χ0v) is 23.7. The number of hydrogen-bond donors (Lipinski definition) is 3. The average Bonchev–Trinajstić information content (AvgIpc) is 3.68. The first-order valence-corrected chi connectivity index (χ1v) is 15.2. The minimum Gasteiger partial charge on any atom is -0.495 e. The van der Waals surface area contributed by atoms with Crippen LogP contribution >= 0.6 is 11.3 Å². The monoisotopic (exact) mass is 596 g/mol. The van der Waals surface area contributed by atoms with Crippen LogP contribution in [0.15, 0.2) is 77.7 Å². The van der Waals surface area contributed by atoms with Crippen molar-refractivity contribution in [3.8, 4) is 27.5 Å². The highest BCUT2D eigenvalue weighted by Crippen LogP contribution is 2.45. The molecular formula is C28H28N4O7S2. The van der Waals surface area contributed by atoms with E-state index in [4.69, 9.17) is 9.15 Å². The Hall–Kier alpha value is -4.20. The summed E-state index contributed by atoms with van der Waals surface area (Å²) in [7, 11) is -2.47. The Morgan fingerprint density at radius 3 is 2.56 bits per heavy atom. The van der Waals surface area contributed by atoms with Gasteiger partial charge in [0.25, 0.3) is 0 Å². The molecule has 0 radical (unpaired) electrons. The second-order valence-corrected chi connectivity index (χ2v) is 13.0. The first kappa shape index (κ1) is 28.3. The van der Waals surface area contributed by atoms with Gasteiger partial charge in [-0.1, -0.05) is 36.4 Å². The number of aromatic nitrogens is 1. The van der Waals surface area contributed by atoms with Gasteiger partial charge in [0.15, 0.2) is 22.0 Å². The molecule has 41 heavy (non-hydrogen) atoms. The van der Waals surface area contributed by atoms with Crippen molar-refractivity contribution in [3.63, 3.8) is 0 Å². The van der Waals surface area contributed by atoms with Crippen LogP contribution in [-0.4, -0.2) is 61.4 Å². The minimum atomic E-state index is -3.96. The third-order valence-corrected chi connectivity index (χ3v) is 11.1. The fourth-order valence-corrected chi connectivity index (χ4v) is 8.52. The van der Waals surface area contributed by atoms with Crippen molar-refractivity contribution in [1.82, 2.24) is 15.4 Å². The van der Waals surface area contributed by atoms with Crippen LogP contribution in [0.4, 0.5) is 10.5 Å². The highest BCUT2D eigenvalue weighted by atomic mass is 32.2. The van der Waals surface area contributed by atoms with Crippen LogP contribution in [-0.2, 0) is 19.4 Å². The number of hydrogen-bond acceptors (Lipinski definition) is 9. The number of sulfone groups is 1. The van der Waals surface area contributed by atoms with Gasteiger partial charge >= 0.3 is 6.03 Å². The number of hydroxylamine groups is 1. The van der Waals surface area contributed by atoms with E-state index in [1.165, 1.54) is 29.7 Å². The predicted molar refractivity (Wildman–Crippen MR) is 153 cm³/mol. The van der Waals surface area contributed by atoms with Crippen LogP contribution < -0.4 is 15.5 Å². The fraction of sp³-hybridized carbons (Fsp3) is 0.250. The predicted octanol–water partition coefficient (Wildman–Crippen LogP) is 4.52. The van der Waals surface area contributed by atoms with Crippen molar-refractivity contribution in [2.24, 2.45) is 0 Å². The summed E-state index contributed by atoms with van der Waals surface area (Å²) in [5, 5.41) is 12.1. The van der Waals surface area contributed by atoms with E-state index in [9.17, 15) is 23.2 Å². The van der Waals surface area contributed by atoms with Gasteiger partial charge < -0.3 is 19.4 Å². The molecule has 3 heterocycles. The average molecular weight is 597 g/mol. The summed E-state index contributed by atoms with van der Waals surface area (Å²) in [5.74, 6) is -0.0882. The molecule has 0 spiro atoms. The smallest absolute Gasteiger partial charge is 0.321 e. The largest absolute Gasteiger partial charge is 0.495 e. The molecule has 1 aliphatic heterocycles. The van der Waals surface area contributed by atoms with Crippen LogP contribution in [0, 0.1) is 0 Å². The number of benzene rings is 2. The lowest BCUT2D eigenvalue weighted by Gasteiger charge is -2.30. The Kier molecular flexibility index (Phi) is 8.10. The van der Waals surface area contributed by atoms with E-state index in [1.54, 1.807) is 42.0 Å². The molecule has 5 rings (SSSR count). The van der Waals surface area contributed by atoms with Crippen LogP contribution in [0.3, 0.4) is 0 Å². The van der Waals surface area contributed by atoms with Crippen LogP contribution in [0.1, 0.15) is 17.7 Å². The van der Waals surface area contributed by atoms with Crippen molar-refractivity contribution in [2.75, 3.05) is 31.3 Å². The maximum absolute atomic E-state index is 13.9. The van der Waals surface area contributed by atoms with Gasteiger partial charge in [-0.15, -0.1) is 11.3 Å². The Bertz CT molecular complexity index is 1640. The van der Waals surface area contributed by atoms with Gasteiger partial charge in [-0.25, -0.2) is 23.7 Å². The first-order valence-electron chi connectivity index (χ1n) is 12.7. The minimum absolute atomic E-state index is 0.0352. The number of ether oxygens (including phenoxy) is 1. The number of amides is 3.